The van der Waals surface area contributed by atoms with Crippen LogP contribution in [0, 0.1) is 5.82 Å². The molecule has 1 heterocycles. The number of anilines is 1. The van der Waals surface area contributed by atoms with Gasteiger partial charge < -0.3 is 5.32 Å². The molecular weight excluding hydrogens is 343 g/mol. The van der Waals surface area contributed by atoms with Gasteiger partial charge in [-0.1, -0.05) is 0 Å². The maximum absolute atomic E-state index is 13.0. The molecule has 0 aliphatic rings. The molecule has 3 aromatic rings. The minimum atomic E-state index is -0.391. The molecule has 0 spiro atoms. The van der Waals surface area contributed by atoms with Gasteiger partial charge in [-0.05, 0) is 52.3 Å². The summed E-state index contributed by atoms with van der Waals surface area (Å²) in [5.41, 5.74) is 3.63. The highest BCUT2D eigenvalue weighted by atomic mass is 79.9. The van der Waals surface area contributed by atoms with E-state index in [9.17, 15) is 9.18 Å². The standard InChI is InChI=1S/C14H8BrFN2OS/c15-11-5-8(16)1-3-10(11)14(19)18-9-2-4-13-12(6-9)17-7-20-13/h1-7H,(H,18,19). The molecule has 3 nitrogen and oxygen atoms in total. The Labute approximate surface area is 126 Å². The lowest BCUT2D eigenvalue weighted by atomic mass is 10.2. The number of carbonyl (C=O) groups excluding carboxylic acids is 1. The average Bonchev–Trinajstić information content (AvgIpc) is 2.85. The van der Waals surface area contributed by atoms with Crippen LogP contribution in [0.1, 0.15) is 10.4 Å². The fourth-order valence-electron chi connectivity index (χ4n) is 1.81. The highest BCUT2D eigenvalue weighted by molar-refractivity contribution is 9.10. The Balaban J connectivity index is 1.87. The molecule has 0 aliphatic heterocycles. The summed E-state index contributed by atoms with van der Waals surface area (Å²) >= 11 is 4.73. The van der Waals surface area contributed by atoms with Gasteiger partial charge in [-0.3, -0.25) is 4.79 Å². The van der Waals surface area contributed by atoms with E-state index in [4.69, 9.17) is 0 Å². The van der Waals surface area contributed by atoms with Gasteiger partial charge in [0.05, 0.1) is 21.3 Å². The molecule has 20 heavy (non-hydrogen) atoms. The fraction of sp³-hybridized carbons (Fsp3) is 0. The summed E-state index contributed by atoms with van der Waals surface area (Å²) < 4.78 is 14.5. The predicted octanol–water partition coefficient (Wildman–Crippen LogP) is 4.45. The number of hydrogen-bond acceptors (Lipinski definition) is 3. The Hall–Kier alpha value is -1.79. The highest BCUT2D eigenvalue weighted by Crippen LogP contribution is 2.23. The minimum Gasteiger partial charge on any atom is -0.322 e. The number of aromatic nitrogens is 1. The van der Waals surface area contributed by atoms with Crippen molar-refractivity contribution >= 4 is 49.1 Å². The third-order valence-electron chi connectivity index (χ3n) is 2.76. The van der Waals surface area contributed by atoms with E-state index in [1.54, 1.807) is 22.9 Å². The van der Waals surface area contributed by atoms with E-state index >= 15 is 0 Å². The summed E-state index contributed by atoms with van der Waals surface area (Å²) in [7, 11) is 0. The average molecular weight is 351 g/mol. The summed E-state index contributed by atoms with van der Waals surface area (Å²) in [6.07, 6.45) is 0. The molecule has 1 amide bonds. The molecule has 1 N–H and O–H groups in total. The number of nitrogens with one attached hydrogen (secondary N) is 1. The van der Waals surface area contributed by atoms with Crippen LogP contribution in [0.25, 0.3) is 10.2 Å². The first kappa shape index (κ1) is 13.2. The molecule has 0 radical (unpaired) electrons. The second kappa shape index (κ2) is 5.30. The number of amides is 1. The molecule has 6 heteroatoms. The largest absolute Gasteiger partial charge is 0.322 e. The number of rotatable bonds is 2. The normalized spacial score (nSPS) is 10.7. The van der Waals surface area contributed by atoms with Crippen molar-refractivity contribution < 1.29 is 9.18 Å². The molecule has 0 bridgehead atoms. The number of fused-ring (bicyclic) bond motifs is 1. The van der Waals surface area contributed by atoms with Crippen molar-refractivity contribution in [2.24, 2.45) is 0 Å². The topological polar surface area (TPSA) is 42.0 Å². The molecule has 2 aromatic carbocycles. The zero-order valence-electron chi connectivity index (χ0n) is 10.1. The van der Waals surface area contributed by atoms with Gasteiger partial charge in [0.2, 0.25) is 0 Å². The van der Waals surface area contributed by atoms with Crippen LogP contribution in [-0.2, 0) is 0 Å². The first-order valence-electron chi connectivity index (χ1n) is 5.73. The van der Waals surface area contributed by atoms with Gasteiger partial charge in [0, 0.05) is 10.2 Å². The molecule has 0 unspecified atom stereocenters. The molecule has 0 atom stereocenters. The van der Waals surface area contributed by atoms with Crippen LogP contribution in [0.15, 0.2) is 46.4 Å². The maximum Gasteiger partial charge on any atom is 0.256 e. The SMILES string of the molecule is O=C(Nc1ccc2scnc2c1)c1ccc(F)cc1Br. The molecule has 0 saturated carbocycles. The van der Waals surface area contributed by atoms with Gasteiger partial charge >= 0.3 is 0 Å². The quantitative estimate of drug-likeness (QED) is 0.741. The van der Waals surface area contributed by atoms with Crippen LogP contribution in [-0.4, -0.2) is 10.9 Å². The molecule has 100 valence electrons. The van der Waals surface area contributed by atoms with Crippen molar-refractivity contribution in [2.75, 3.05) is 5.32 Å². The van der Waals surface area contributed by atoms with Crippen LogP contribution in [0.4, 0.5) is 10.1 Å². The molecule has 0 aliphatic carbocycles. The summed E-state index contributed by atoms with van der Waals surface area (Å²) in [6, 6.07) is 9.48. The predicted molar refractivity (Wildman–Crippen MR) is 81.7 cm³/mol. The zero-order valence-corrected chi connectivity index (χ0v) is 12.5. The van der Waals surface area contributed by atoms with Crippen LogP contribution in [0.3, 0.4) is 0 Å². The second-order valence-electron chi connectivity index (χ2n) is 4.11. The Morgan fingerprint density at radius 1 is 1.25 bits per heavy atom. The van der Waals surface area contributed by atoms with E-state index < -0.39 is 5.82 Å². The van der Waals surface area contributed by atoms with Crippen LogP contribution < -0.4 is 5.32 Å². The summed E-state index contributed by atoms with van der Waals surface area (Å²) in [5, 5.41) is 2.77. The van der Waals surface area contributed by atoms with E-state index in [2.05, 4.69) is 26.2 Å². The smallest absolute Gasteiger partial charge is 0.256 e. The molecular formula is C14H8BrFN2OS. The van der Waals surface area contributed by atoms with Gasteiger partial charge in [-0.15, -0.1) is 11.3 Å². The lowest BCUT2D eigenvalue weighted by molar-refractivity contribution is 0.102. The van der Waals surface area contributed by atoms with Crippen LogP contribution >= 0.6 is 27.3 Å². The zero-order chi connectivity index (χ0) is 14.1. The van der Waals surface area contributed by atoms with Crippen molar-refractivity contribution in [2.45, 2.75) is 0 Å². The molecule has 1 aromatic heterocycles. The Morgan fingerprint density at radius 2 is 2.10 bits per heavy atom. The van der Waals surface area contributed by atoms with Crippen LogP contribution in [0.2, 0.25) is 0 Å². The minimum absolute atomic E-state index is 0.300. The third kappa shape index (κ3) is 2.57. The van der Waals surface area contributed by atoms with Crippen molar-refractivity contribution in [1.29, 1.82) is 0 Å². The summed E-state index contributed by atoms with van der Waals surface area (Å²) in [5.74, 6) is -0.691. The van der Waals surface area contributed by atoms with Crippen molar-refractivity contribution in [3.8, 4) is 0 Å². The van der Waals surface area contributed by atoms with Gasteiger partial charge in [0.15, 0.2) is 0 Å². The number of hydrogen-bond donors (Lipinski definition) is 1. The molecule has 0 saturated heterocycles. The Bertz CT molecular complexity index is 803. The number of halogens is 2. The lowest BCUT2D eigenvalue weighted by Crippen LogP contribution is -2.12. The van der Waals surface area contributed by atoms with E-state index in [-0.39, 0.29) is 5.91 Å². The first-order chi connectivity index (χ1) is 9.63. The number of benzene rings is 2. The van der Waals surface area contributed by atoms with Crippen molar-refractivity contribution in [1.82, 2.24) is 4.98 Å². The summed E-state index contributed by atoms with van der Waals surface area (Å²) in [6.45, 7) is 0. The number of thiazole rings is 1. The van der Waals surface area contributed by atoms with E-state index in [0.29, 0.717) is 15.7 Å². The number of nitrogens with zero attached hydrogens (tertiary/aromatic N) is 1. The molecule has 0 fully saturated rings. The van der Waals surface area contributed by atoms with Crippen molar-refractivity contribution in [3.05, 3.63) is 57.8 Å². The monoisotopic (exact) mass is 350 g/mol. The number of carbonyl (C=O) groups is 1. The Morgan fingerprint density at radius 3 is 2.90 bits per heavy atom. The summed E-state index contributed by atoms with van der Waals surface area (Å²) in [4.78, 5) is 16.3. The van der Waals surface area contributed by atoms with Crippen molar-refractivity contribution in [3.63, 3.8) is 0 Å². The first-order valence-corrected chi connectivity index (χ1v) is 7.40. The maximum atomic E-state index is 13.0. The molecule has 3 rings (SSSR count). The van der Waals surface area contributed by atoms with E-state index in [1.165, 1.54) is 18.2 Å². The van der Waals surface area contributed by atoms with Gasteiger partial charge in [0.25, 0.3) is 5.91 Å². The van der Waals surface area contributed by atoms with Gasteiger partial charge in [-0.2, -0.15) is 0 Å². The van der Waals surface area contributed by atoms with E-state index in [1.807, 2.05) is 12.1 Å². The van der Waals surface area contributed by atoms with Gasteiger partial charge in [0.1, 0.15) is 5.82 Å². The fourth-order valence-corrected chi connectivity index (χ4v) is 3.00. The van der Waals surface area contributed by atoms with Gasteiger partial charge in [-0.25, -0.2) is 9.37 Å². The highest BCUT2D eigenvalue weighted by Gasteiger charge is 2.11. The van der Waals surface area contributed by atoms with Crippen LogP contribution in [0.5, 0.6) is 0 Å². The second-order valence-corrected chi connectivity index (χ2v) is 5.85. The van der Waals surface area contributed by atoms with E-state index in [0.717, 1.165) is 10.2 Å². The Kier molecular flexibility index (Phi) is 3.50. The third-order valence-corrected chi connectivity index (χ3v) is 4.23. The lowest BCUT2D eigenvalue weighted by Gasteiger charge is -2.07.